The number of carbonyl (C=O) groups excluding carboxylic acids is 2. The molecule has 0 radical (unpaired) electrons. The highest BCUT2D eigenvalue weighted by Gasteiger charge is 2.32. The van der Waals surface area contributed by atoms with Gasteiger partial charge in [-0.3, -0.25) is 4.79 Å². The van der Waals surface area contributed by atoms with Crippen LogP contribution in [0.1, 0.15) is 34.1 Å². The number of quaternary nitrogens is 2. The molecule has 130 valence electrons. The van der Waals surface area contributed by atoms with Gasteiger partial charge < -0.3 is 42.8 Å². The molecule has 21 heavy (non-hydrogen) atoms. The molecule has 0 saturated heterocycles. The summed E-state index contributed by atoms with van der Waals surface area (Å²) in [7, 11) is 0. The lowest BCUT2D eigenvalue weighted by atomic mass is 9.87. The van der Waals surface area contributed by atoms with Gasteiger partial charge in [0.05, 0.1) is 6.61 Å². The van der Waals surface area contributed by atoms with Crippen LogP contribution in [0, 0.1) is 5.41 Å². The summed E-state index contributed by atoms with van der Waals surface area (Å²) in [5, 5.41) is 40.2. The zero-order valence-electron chi connectivity index (χ0n) is 13.8. The van der Waals surface area contributed by atoms with Gasteiger partial charge in [0.2, 0.25) is 5.91 Å². The molecule has 9 heteroatoms. The first-order valence-corrected chi connectivity index (χ1v) is 5.97. The van der Waals surface area contributed by atoms with E-state index >= 15 is 0 Å². The Kier molecular flexibility index (Phi) is 18.3. The van der Waals surface area contributed by atoms with Crippen LogP contribution in [0.5, 0.6) is 0 Å². The summed E-state index contributed by atoms with van der Waals surface area (Å²) in [5.74, 6) is -1.97. The van der Waals surface area contributed by atoms with E-state index < -0.39 is 29.5 Å². The molecule has 9 nitrogen and oxygen atoms in total. The van der Waals surface area contributed by atoms with Crippen molar-refractivity contribution in [2.75, 3.05) is 13.2 Å². The molecule has 0 rings (SSSR count). The summed E-state index contributed by atoms with van der Waals surface area (Å²) < 4.78 is 0. The summed E-state index contributed by atoms with van der Waals surface area (Å²) in [6.45, 7) is 5.83. The highest BCUT2D eigenvalue weighted by atomic mass is 16.4. The van der Waals surface area contributed by atoms with Crippen molar-refractivity contribution in [3.05, 3.63) is 0 Å². The summed E-state index contributed by atoms with van der Waals surface area (Å²) in [6, 6.07) is 0. The number of rotatable bonds is 6. The van der Waals surface area contributed by atoms with Crippen molar-refractivity contribution in [1.82, 2.24) is 17.6 Å². The van der Waals surface area contributed by atoms with Gasteiger partial charge in [0.1, 0.15) is 6.10 Å². The number of hydrogen-bond acceptors (Lipinski definition) is 6. The summed E-state index contributed by atoms with van der Waals surface area (Å²) >= 11 is 0. The first-order valence-electron chi connectivity index (χ1n) is 5.97. The van der Waals surface area contributed by atoms with Crippen molar-refractivity contribution in [3.63, 3.8) is 0 Å². The third-order valence-corrected chi connectivity index (χ3v) is 2.02. The molecule has 0 aliphatic heterocycles. The topological polar surface area (TPSA) is 206 Å². The maximum Gasteiger partial charge on any atom is 0.249 e. The number of nitrogens with one attached hydrogen (secondary N) is 1. The van der Waals surface area contributed by atoms with Gasteiger partial charge in [-0.25, -0.2) is 0 Å². The number of carbonyl (C=O) groups is 2. The van der Waals surface area contributed by atoms with E-state index in [1.807, 2.05) is 0 Å². The fourth-order valence-corrected chi connectivity index (χ4v) is 0.826. The SMILES string of the molecule is CC(C)(CO)[C@@H](O)C(=O)NCCC(=O)[O-].CC(C)[O-].[NH4+].[NH4+]. The van der Waals surface area contributed by atoms with Gasteiger partial charge in [-0.05, 0) is 0 Å². The molecule has 0 saturated carbocycles. The van der Waals surface area contributed by atoms with Crippen molar-refractivity contribution >= 4 is 11.9 Å². The Bertz CT molecular complexity index is 281. The fourth-order valence-electron chi connectivity index (χ4n) is 0.826. The normalized spacial score (nSPS) is 11.2. The van der Waals surface area contributed by atoms with Gasteiger partial charge in [-0.15, -0.1) is 6.10 Å². The number of aliphatic carboxylic acids is 1. The first kappa shape index (κ1) is 28.0. The molecule has 11 N–H and O–H groups in total. The minimum Gasteiger partial charge on any atom is -0.852 e. The standard InChI is InChI=1S/C9H17NO5.C3H7O.2H3N/c1-9(2,5-11)7(14)8(15)10-4-3-6(12)13;1-3(2)4;;/h7,11,14H,3-5H2,1-2H3,(H,10,15)(H,12,13);3H,1-2H3;2*1H3/q;-1;;/p+1/t7-;;;/m0.../s1. The zero-order valence-corrected chi connectivity index (χ0v) is 13.8. The lowest BCUT2D eigenvalue weighted by Crippen LogP contribution is -2.46. The van der Waals surface area contributed by atoms with E-state index in [0.29, 0.717) is 0 Å². The third kappa shape index (κ3) is 16.7. The Balaban J connectivity index is -0.000000213. The summed E-state index contributed by atoms with van der Waals surface area (Å²) in [4.78, 5) is 21.3. The summed E-state index contributed by atoms with van der Waals surface area (Å²) in [5.41, 5.74) is -0.953. The molecule has 0 aliphatic carbocycles. The zero-order chi connectivity index (χ0) is 15.6. The molecule has 0 heterocycles. The van der Waals surface area contributed by atoms with Crippen LogP contribution in [0.2, 0.25) is 0 Å². The number of aliphatic hydroxyl groups excluding tert-OH is 2. The van der Waals surface area contributed by atoms with Gasteiger partial charge in [0.25, 0.3) is 0 Å². The van der Waals surface area contributed by atoms with Crippen LogP contribution >= 0.6 is 0 Å². The maximum atomic E-state index is 11.2. The van der Waals surface area contributed by atoms with E-state index in [2.05, 4.69) is 5.32 Å². The van der Waals surface area contributed by atoms with Crippen LogP contribution in [0.4, 0.5) is 0 Å². The molecule has 0 aromatic carbocycles. The molecular formula is C12H31N3O6. The molecule has 0 spiro atoms. The fraction of sp³-hybridized carbons (Fsp3) is 0.833. The molecule has 0 bridgehead atoms. The highest BCUT2D eigenvalue weighted by Crippen LogP contribution is 2.19. The van der Waals surface area contributed by atoms with Crippen molar-refractivity contribution in [3.8, 4) is 0 Å². The predicted octanol–water partition coefficient (Wildman–Crippen LogP) is -1.87. The predicted molar refractivity (Wildman–Crippen MR) is 76.6 cm³/mol. The van der Waals surface area contributed by atoms with E-state index in [1.54, 1.807) is 13.8 Å². The minimum atomic E-state index is -1.37. The lowest BCUT2D eigenvalue weighted by molar-refractivity contribution is -0.407. The van der Waals surface area contributed by atoms with Crippen molar-refractivity contribution in [1.29, 1.82) is 0 Å². The monoisotopic (exact) mass is 313 g/mol. The van der Waals surface area contributed by atoms with Crippen LogP contribution < -0.4 is 27.8 Å². The number of aliphatic hydroxyl groups is 2. The Morgan fingerprint density at radius 3 is 1.90 bits per heavy atom. The van der Waals surface area contributed by atoms with E-state index in [4.69, 9.17) is 5.11 Å². The Labute approximate surface area is 125 Å². The second kappa shape index (κ2) is 13.7. The second-order valence-electron chi connectivity index (χ2n) is 5.01. The van der Waals surface area contributed by atoms with Crippen LogP contribution in [0.15, 0.2) is 0 Å². The third-order valence-electron chi connectivity index (χ3n) is 2.02. The highest BCUT2D eigenvalue weighted by molar-refractivity contribution is 5.81. The van der Waals surface area contributed by atoms with E-state index in [9.17, 15) is 24.9 Å². The lowest BCUT2D eigenvalue weighted by Gasteiger charge is -2.27. The van der Waals surface area contributed by atoms with Crippen molar-refractivity contribution < 1.29 is 30.0 Å². The second-order valence-corrected chi connectivity index (χ2v) is 5.01. The molecule has 0 aromatic rings. The Morgan fingerprint density at radius 1 is 1.24 bits per heavy atom. The van der Waals surface area contributed by atoms with Crippen LogP contribution in [0.3, 0.4) is 0 Å². The van der Waals surface area contributed by atoms with Crippen LogP contribution in [-0.2, 0) is 9.59 Å². The first-order chi connectivity index (χ1) is 8.54. The quantitative estimate of drug-likeness (QED) is 0.379. The van der Waals surface area contributed by atoms with Crippen molar-refractivity contribution in [2.24, 2.45) is 5.41 Å². The van der Waals surface area contributed by atoms with Gasteiger partial charge >= 0.3 is 0 Å². The average molecular weight is 313 g/mol. The summed E-state index contributed by atoms with van der Waals surface area (Å²) in [6.07, 6.45) is -2.10. The molecule has 0 aliphatic rings. The number of carboxylic acids is 1. The molecular weight excluding hydrogens is 282 g/mol. The maximum absolute atomic E-state index is 11.2. The van der Waals surface area contributed by atoms with Gasteiger partial charge in [-0.2, -0.15) is 0 Å². The molecule has 1 atom stereocenters. The smallest absolute Gasteiger partial charge is 0.249 e. The largest absolute Gasteiger partial charge is 0.852 e. The Hall–Kier alpha value is -1.26. The number of amides is 1. The van der Waals surface area contributed by atoms with Crippen LogP contribution in [0.25, 0.3) is 0 Å². The van der Waals surface area contributed by atoms with E-state index in [0.717, 1.165) is 0 Å². The average Bonchev–Trinajstić information content (AvgIpc) is 2.26. The van der Waals surface area contributed by atoms with Gasteiger partial charge in [0.15, 0.2) is 0 Å². The van der Waals surface area contributed by atoms with E-state index in [-0.39, 0.29) is 31.9 Å². The van der Waals surface area contributed by atoms with Gasteiger partial charge in [0, 0.05) is 24.3 Å². The van der Waals surface area contributed by atoms with Crippen molar-refractivity contribution in [2.45, 2.75) is 46.3 Å². The number of carboxylic acid groups (broad SMARTS) is 1. The molecule has 0 aromatic heterocycles. The van der Waals surface area contributed by atoms with E-state index in [1.165, 1.54) is 13.8 Å². The Morgan fingerprint density at radius 2 is 1.62 bits per heavy atom. The molecule has 0 unspecified atom stereocenters. The van der Waals surface area contributed by atoms with Crippen LogP contribution in [-0.4, -0.2) is 47.4 Å². The molecule has 0 fully saturated rings. The van der Waals surface area contributed by atoms with Gasteiger partial charge in [-0.1, -0.05) is 27.7 Å². The minimum absolute atomic E-state index is 0. The number of hydrogen-bond donors (Lipinski definition) is 5. The molecule has 1 amide bonds.